The molecular formula is C12H18FN3. The molecule has 1 aromatic rings. The van der Waals surface area contributed by atoms with E-state index in [9.17, 15) is 4.39 Å². The maximum absolute atomic E-state index is 14.0. The minimum Gasteiger partial charge on any atom is -0.351 e. The van der Waals surface area contributed by atoms with E-state index in [0.717, 1.165) is 13.0 Å². The second-order valence-electron chi connectivity index (χ2n) is 4.65. The Labute approximate surface area is 95.5 Å². The van der Waals surface area contributed by atoms with Crippen LogP contribution in [0.3, 0.4) is 0 Å². The third-order valence-corrected chi connectivity index (χ3v) is 3.23. The van der Waals surface area contributed by atoms with Gasteiger partial charge in [0.05, 0.1) is 0 Å². The zero-order valence-corrected chi connectivity index (χ0v) is 9.78. The van der Waals surface area contributed by atoms with Crippen LogP contribution in [0.25, 0.3) is 0 Å². The first-order valence-corrected chi connectivity index (χ1v) is 5.73. The van der Waals surface area contributed by atoms with Crippen LogP contribution in [-0.2, 0) is 6.54 Å². The molecule has 2 atom stereocenters. The summed E-state index contributed by atoms with van der Waals surface area (Å²) in [6, 6.07) is 1.99. The van der Waals surface area contributed by atoms with Gasteiger partial charge in [0.1, 0.15) is 0 Å². The predicted octanol–water partition coefficient (Wildman–Crippen LogP) is 1.91. The SMILES string of the molecule is CC1CC(C)N(c2nccc(CN)c2F)C1. The summed E-state index contributed by atoms with van der Waals surface area (Å²) in [4.78, 5) is 6.19. The van der Waals surface area contributed by atoms with Crippen LogP contribution in [0.2, 0.25) is 0 Å². The van der Waals surface area contributed by atoms with Gasteiger partial charge in [-0.3, -0.25) is 0 Å². The van der Waals surface area contributed by atoms with Gasteiger partial charge in [0.15, 0.2) is 11.6 Å². The van der Waals surface area contributed by atoms with Crippen molar-refractivity contribution in [3.05, 3.63) is 23.6 Å². The van der Waals surface area contributed by atoms with Gasteiger partial charge in [-0.15, -0.1) is 0 Å². The zero-order chi connectivity index (χ0) is 11.7. The van der Waals surface area contributed by atoms with E-state index in [4.69, 9.17) is 5.73 Å². The van der Waals surface area contributed by atoms with Crippen LogP contribution in [-0.4, -0.2) is 17.6 Å². The summed E-state index contributed by atoms with van der Waals surface area (Å²) in [5, 5.41) is 0. The molecule has 4 heteroatoms. The molecule has 0 aliphatic carbocycles. The average molecular weight is 223 g/mol. The second kappa shape index (κ2) is 4.37. The molecule has 0 radical (unpaired) electrons. The Kier molecular flexibility index (Phi) is 3.10. The molecule has 2 heterocycles. The fourth-order valence-electron chi connectivity index (χ4n) is 2.42. The summed E-state index contributed by atoms with van der Waals surface area (Å²) >= 11 is 0. The van der Waals surface area contributed by atoms with Crippen molar-refractivity contribution in [3.8, 4) is 0 Å². The Bertz CT molecular complexity index is 381. The van der Waals surface area contributed by atoms with Crippen LogP contribution >= 0.6 is 0 Å². The normalized spacial score (nSPS) is 25.1. The molecule has 0 bridgehead atoms. The monoisotopic (exact) mass is 223 g/mol. The molecule has 2 rings (SSSR count). The Hall–Kier alpha value is -1.16. The van der Waals surface area contributed by atoms with E-state index in [1.54, 1.807) is 12.3 Å². The summed E-state index contributed by atoms with van der Waals surface area (Å²) in [6.07, 6.45) is 2.73. The first-order valence-electron chi connectivity index (χ1n) is 5.73. The lowest BCUT2D eigenvalue weighted by molar-refractivity contribution is 0.590. The molecule has 1 aromatic heterocycles. The highest BCUT2D eigenvalue weighted by atomic mass is 19.1. The molecule has 3 nitrogen and oxygen atoms in total. The van der Waals surface area contributed by atoms with Gasteiger partial charge in [0.2, 0.25) is 0 Å². The zero-order valence-electron chi connectivity index (χ0n) is 9.78. The second-order valence-corrected chi connectivity index (χ2v) is 4.65. The molecule has 88 valence electrons. The summed E-state index contributed by atoms with van der Waals surface area (Å²) < 4.78 is 14.0. The Morgan fingerprint density at radius 1 is 1.56 bits per heavy atom. The quantitative estimate of drug-likeness (QED) is 0.832. The van der Waals surface area contributed by atoms with Crippen molar-refractivity contribution in [2.45, 2.75) is 32.9 Å². The number of halogens is 1. The van der Waals surface area contributed by atoms with Crippen LogP contribution in [0.1, 0.15) is 25.8 Å². The standard InChI is InChI=1S/C12H18FN3/c1-8-5-9(2)16(7-8)12-11(13)10(6-14)3-4-15-12/h3-4,8-9H,5-7,14H2,1-2H3. The molecule has 0 spiro atoms. The number of nitrogens with two attached hydrogens (primary N) is 1. The van der Waals surface area contributed by atoms with Gasteiger partial charge in [-0.2, -0.15) is 0 Å². The maximum Gasteiger partial charge on any atom is 0.170 e. The fraction of sp³-hybridized carbons (Fsp3) is 0.583. The third kappa shape index (κ3) is 1.89. The lowest BCUT2D eigenvalue weighted by atomic mass is 10.1. The van der Waals surface area contributed by atoms with Gasteiger partial charge in [0.25, 0.3) is 0 Å². The summed E-state index contributed by atoms with van der Waals surface area (Å²) in [5.74, 6) is 0.795. The van der Waals surface area contributed by atoms with Gasteiger partial charge < -0.3 is 10.6 Å². The van der Waals surface area contributed by atoms with E-state index in [2.05, 4.69) is 18.8 Å². The van der Waals surface area contributed by atoms with Crippen molar-refractivity contribution in [2.24, 2.45) is 11.7 Å². The lowest BCUT2D eigenvalue weighted by Crippen LogP contribution is -2.29. The van der Waals surface area contributed by atoms with E-state index >= 15 is 0 Å². The van der Waals surface area contributed by atoms with E-state index in [-0.39, 0.29) is 12.4 Å². The van der Waals surface area contributed by atoms with E-state index in [1.807, 2.05) is 4.90 Å². The van der Waals surface area contributed by atoms with Crippen molar-refractivity contribution in [3.63, 3.8) is 0 Å². The lowest BCUT2D eigenvalue weighted by Gasteiger charge is -2.23. The molecule has 1 fully saturated rings. The Morgan fingerprint density at radius 2 is 2.31 bits per heavy atom. The van der Waals surface area contributed by atoms with Crippen molar-refractivity contribution in [2.75, 3.05) is 11.4 Å². The molecule has 2 N–H and O–H groups in total. The molecule has 1 aliphatic heterocycles. The highest BCUT2D eigenvalue weighted by Crippen LogP contribution is 2.29. The highest BCUT2D eigenvalue weighted by Gasteiger charge is 2.29. The number of rotatable bonds is 2. The van der Waals surface area contributed by atoms with E-state index in [0.29, 0.717) is 23.3 Å². The fourth-order valence-corrected chi connectivity index (χ4v) is 2.42. The molecule has 0 aromatic carbocycles. The average Bonchev–Trinajstić information content (AvgIpc) is 2.58. The highest BCUT2D eigenvalue weighted by molar-refractivity contribution is 5.45. The van der Waals surface area contributed by atoms with Crippen LogP contribution < -0.4 is 10.6 Å². The Balaban J connectivity index is 2.33. The molecule has 16 heavy (non-hydrogen) atoms. The van der Waals surface area contributed by atoms with Gasteiger partial charge in [0, 0.05) is 30.9 Å². The van der Waals surface area contributed by atoms with Gasteiger partial charge in [-0.25, -0.2) is 9.37 Å². The number of pyridine rings is 1. The maximum atomic E-state index is 14.0. The number of anilines is 1. The smallest absolute Gasteiger partial charge is 0.170 e. The summed E-state index contributed by atoms with van der Waals surface area (Å²) in [5.41, 5.74) is 6.03. The minimum absolute atomic E-state index is 0.221. The first kappa shape index (κ1) is 11.3. The topological polar surface area (TPSA) is 42.2 Å². The molecule has 1 aliphatic rings. The van der Waals surface area contributed by atoms with Gasteiger partial charge >= 0.3 is 0 Å². The van der Waals surface area contributed by atoms with Crippen molar-refractivity contribution >= 4 is 5.82 Å². The number of hydrogen-bond donors (Lipinski definition) is 1. The number of nitrogens with zero attached hydrogens (tertiary/aromatic N) is 2. The first-order chi connectivity index (χ1) is 7.63. The number of hydrogen-bond acceptors (Lipinski definition) is 3. The van der Waals surface area contributed by atoms with Crippen molar-refractivity contribution in [1.82, 2.24) is 4.98 Å². The Morgan fingerprint density at radius 3 is 2.88 bits per heavy atom. The number of aromatic nitrogens is 1. The van der Waals surface area contributed by atoms with Crippen LogP contribution in [0, 0.1) is 11.7 Å². The molecule has 0 amide bonds. The molecular weight excluding hydrogens is 205 g/mol. The van der Waals surface area contributed by atoms with Gasteiger partial charge in [-0.05, 0) is 25.3 Å². The third-order valence-electron chi connectivity index (χ3n) is 3.23. The molecule has 1 saturated heterocycles. The van der Waals surface area contributed by atoms with Crippen LogP contribution in [0.15, 0.2) is 12.3 Å². The summed E-state index contributed by atoms with van der Waals surface area (Å²) in [7, 11) is 0. The van der Waals surface area contributed by atoms with E-state index in [1.165, 1.54) is 0 Å². The van der Waals surface area contributed by atoms with Crippen molar-refractivity contribution < 1.29 is 4.39 Å². The van der Waals surface area contributed by atoms with Crippen LogP contribution in [0.4, 0.5) is 10.2 Å². The molecule has 2 unspecified atom stereocenters. The molecule has 0 saturated carbocycles. The largest absolute Gasteiger partial charge is 0.351 e. The van der Waals surface area contributed by atoms with Gasteiger partial charge in [-0.1, -0.05) is 6.92 Å². The van der Waals surface area contributed by atoms with Crippen molar-refractivity contribution in [1.29, 1.82) is 0 Å². The minimum atomic E-state index is -0.258. The van der Waals surface area contributed by atoms with Crippen LogP contribution in [0.5, 0.6) is 0 Å². The van der Waals surface area contributed by atoms with E-state index < -0.39 is 0 Å². The predicted molar refractivity (Wildman–Crippen MR) is 62.7 cm³/mol. The summed E-state index contributed by atoms with van der Waals surface area (Å²) in [6.45, 7) is 5.39.